The van der Waals surface area contributed by atoms with E-state index in [0.717, 1.165) is 194 Å². The van der Waals surface area contributed by atoms with Crippen LogP contribution in [0, 0.1) is 0 Å². The molecule has 14 heteroatoms. The lowest BCUT2D eigenvalue weighted by molar-refractivity contribution is 0.254. The van der Waals surface area contributed by atoms with Gasteiger partial charge in [-0.3, -0.25) is 0 Å². The third-order valence-electron chi connectivity index (χ3n) is 14.5. The summed E-state index contributed by atoms with van der Waals surface area (Å²) in [5, 5.41) is 17.3. The molecule has 0 aliphatic carbocycles. The van der Waals surface area contributed by atoms with Crippen molar-refractivity contribution in [3.63, 3.8) is 0 Å². The number of benzene rings is 8. The first-order valence-corrected chi connectivity index (χ1v) is 32.5. The summed E-state index contributed by atoms with van der Waals surface area (Å²) in [6.07, 6.45) is 16.4. The summed E-state index contributed by atoms with van der Waals surface area (Å²) in [7, 11) is 0. The van der Waals surface area contributed by atoms with Crippen LogP contribution in [-0.2, 0) is 0 Å². The highest BCUT2D eigenvalue weighted by Gasteiger charge is 2.08. The van der Waals surface area contributed by atoms with Gasteiger partial charge in [-0.1, -0.05) is 48.5 Å². The fraction of sp³-hybridized carbons (Fsp3) is 0.368. The third kappa shape index (κ3) is 25.6. The van der Waals surface area contributed by atoms with Gasteiger partial charge in [0.1, 0.15) is 34.5 Å². The summed E-state index contributed by atoms with van der Waals surface area (Å²) in [6.45, 7) is 10.5. The smallest absolute Gasteiger partial charge is 0.161 e. The quantitative estimate of drug-likeness (QED) is 0.0267. The van der Waals surface area contributed by atoms with Crippen LogP contribution in [0.3, 0.4) is 0 Å². The fourth-order valence-corrected chi connectivity index (χ4v) is 9.58. The molecule has 0 aromatic heterocycles. The minimum Gasteiger partial charge on any atom is -0.494 e. The standard InChI is InChI=1S/C76H90N4O10/c1-3-81-67-45-33-63(34-46-67)77-79-65-37-49-71(50-38-65)85-55-19-7-11-23-59-89-75-27-15-13-25-73(75)87-57-21-9-5-17-53-83-69-41-29-61(30-42-69)62-31-43-70(44-32-62)84-54-18-6-10-22-58-88-74-26-14-16-28-76(74)90-60-24-12-8-20-56-86-72-51-39-66(40-52-72)80-78-64-35-47-68(48-36-64)82-4-2/h13-16,25-52H,3-12,17-24,53-60H2,1-2H3. The second kappa shape index (κ2) is 40.5. The number of nitrogens with zero attached hydrogens (tertiary/aromatic N) is 4. The average Bonchev–Trinajstić information content (AvgIpc) is 3.36. The molecule has 90 heavy (non-hydrogen) atoms. The predicted octanol–water partition coefficient (Wildman–Crippen LogP) is 21.1. The van der Waals surface area contributed by atoms with Gasteiger partial charge in [-0.25, -0.2) is 0 Å². The summed E-state index contributed by atoms with van der Waals surface area (Å²) < 4.78 is 59.6. The molecule has 0 saturated heterocycles. The zero-order valence-corrected chi connectivity index (χ0v) is 52.7. The van der Waals surface area contributed by atoms with Crippen molar-refractivity contribution >= 4 is 22.7 Å². The molecule has 0 radical (unpaired) electrons. The van der Waals surface area contributed by atoms with E-state index in [1.807, 2.05) is 159 Å². The minimum absolute atomic E-state index is 0.635. The van der Waals surface area contributed by atoms with Crippen LogP contribution in [0.5, 0.6) is 57.5 Å². The first kappa shape index (κ1) is 66.9. The molecule has 0 amide bonds. The lowest BCUT2D eigenvalue weighted by Crippen LogP contribution is -2.03. The molecule has 0 bridgehead atoms. The third-order valence-corrected chi connectivity index (χ3v) is 14.5. The predicted molar refractivity (Wildman–Crippen MR) is 359 cm³/mol. The molecule has 8 aromatic rings. The number of unbranched alkanes of at least 4 members (excludes halogenated alkanes) is 12. The maximum absolute atomic E-state index is 6.15. The Morgan fingerprint density at radius 2 is 0.389 bits per heavy atom. The second-order valence-electron chi connectivity index (χ2n) is 21.6. The maximum Gasteiger partial charge on any atom is 0.161 e. The van der Waals surface area contributed by atoms with E-state index < -0.39 is 0 Å². The second-order valence-corrected chi connectivity index (χ2v) is 21.6. The van der Waals surface area contributed by atoms with Crippen molar-refractivity contribution in [3.8, 4) is 68.6 Å². The Morgan fingerprint density at radius 1 is 0.200 bits per heavy atom. The van der Waals surface area contributed by atoms with Gasteiger partial charge in [0, 0.05) is 0 Å². The Labute approximate surface area is 533 Å². The van der Waals surface area contributed by atoms with Gasteiger partial charge in [0.2, 0.25) is 0 Å². The Morgan fingerprint density at radius 3 is 0.600 bits per heavy atom. The molecule has 0 aliphatic rings. The minimum atomic E-state index is 0.635. The van der Waals surface area contributed by atoms with Gasteiger partial charge >= 0.3 is 0 Å². The van der Waals surface area contributed by atoms with Gasteiger partial charge in [-0.05, 0) is 273 Å². The molecular weight excluding hydrogens is 1130 g/mol. The van der Waals surface area contributed by atoms with Crippen molar-refractivity contribution in [2.45, 2.75) is 117 Å². The molecule has 0 heterocycles. The van der Waals surface area contributed by atoms with Crippen LogP contribution in [0.15, 0.2) is 215 Å². The molecule has 0 saturated carbocycles. The molecule has 8 rings (SSSR count). The van der Waals surface area contributed by atoms with Gasteiger partial charge in [0.25, 0.3) is 0 Å². The zero-order valence-electron chi connectivity index (χ0n) is 52.7. The highest BCUT2D eigenvalue weighted by Crippen LogP contribution is 2.31. The van der Waals surface area contributed by atoms with Crippen LogP contribution in [0.1, 0.15) is 117 Å². The van der Waals surface area contributed by atoms with E-state index >= 15 is 0 Å². The lowest BCUT2D eigenvalue weighted by atomic mass is 10.1. The van der Waals surface area contributed by atoms with Crippen LogP contribution >= 0.6 is 0 Å². The van der Waals surface area contributed by atoms with Crippen LogP contribution in [-0.4, -0.2) is 66.1 Å². The van der Waals surface area contributed by atoms with Crippen molar-refractivity contribution in [1.29, 1.82) is 0 Å². The van der Waals surface area contributed by atoms with E-state index in [1.54, 1.807) is 0 Å². The molecule has 0 fully saturated rings. The summed E-state index contributed by atoms with van der Waals surface area (Å²) in [6, 6.07) is 63.1. The molecule has 0 unspecified atom stereocenters. The van der Waals surface area contributed by atoms with Crippen molar-refractivity contribution in [1.82, 2.24) is 0 Å². The Kier molecular flexibility index (Phi) is 30.1. The summed E-state index contributed by atoms with van der Waals surface area (Å²) in [4.78, 5) is 0. The molecule has 14 nitrogen and oxygen atoms in total. The van der Waals surface area contributed by atoms with Crippen molar-refractivity contribution in [2.75, 3.05) is 66.1 Å². The zero-order chi connectivity index (χ0) is 62.1. The van der Waals surface area contributed by atoms with Crippen molar-refractivity contribution < 1.29 is 47.4 Å². The summed E-state index contributed by atoms with van der Waals surface area (Å²) >= 11 is 0. The highest BCUT2D eigenvalue weighted by atomic mass is 16.5. The van der Waals surface area contributed by atoms with Crippen LogP contribution in [0.25, 0.3) is 11.1 Å². The Bertz CT molecular complexity index is 3030. The van der Waals surface area contributed by atoms with E-state index in [4.69, 9.17) is 47.4 Å². The Balaban J connectivity index is 0.581. The van der Waals surface area contributed by atoms with Gasteiger partial charge < -0.3 is 47.4 Å². The lowest BCUT2D eigenvalue weighted by Gasteiger charge is -2.13. The average molecular weight is 1220 g/mol. The topological polar surface area (TPSA) is 142 Å². The van der Waals surface area contributed by atoms with E-state index in [1.165, 1.54) is 0 Å². The first-order valence-electron chi connectivity index (χ1n) is 32.5. The molecule has 0 spiro atoms. The largest absolute Gasteiger partial charge is 0.494 e. The molecule has 8 aromatic carbocycles. The molecule has 474 valence electrons. The van der Waals surface area contributed by atoms with Gasteiger partial charge in [-0.15, -0.1) is 0 Å². The summed E-state index contributed by atoms with van der Waals surface area (Å²) in [5.41, 5.74) is 5.39. The normalized spacial score (nSPS) is 11.2. The van der Waals surface area contributed by atoms with Crippen molar-refractivity contribution in [3.05, 3.63) is 194 Å². The fourth-order valence-electron chi connectivity index (χ4n) is 9.58. The van der Waals surface area contributed by atoms with E-state index in [9.17, 15) is 0 Å². The van der Waals surface area contributed by atoms with Gasteiger partial charge in [-0.2, -0.15) is 20.5 Å². The molecule has 0 atom stereocenters. The van der Waals surface area contributed by atoms with Crippen LogP contribution in [0.4, 0.5) is 22.7 Å². The van der Waals surface area contributed by atoms with E-state index in [2.05, 4.69) is 69.0 Å². The highest BCUT2D eigenvalue weighted by molar-refractivity contribution is 5.65. The number of azo groups is 2. The van der Waals surface area contributed by atoms with E-state index in [0.29, 0.717) is 66.1 Å². The number of hydrogen-bond donors (Lipinski definition) is 0. The maximum atomic E-state index is 6.15. The number of ether oxygens (including phenoxy) is 10. The first-order chi connectivity index (χ1) is 44.6. The molecule has 0 N–H and O–H groups in total. The number of hydrogen-bond acceptors (Lipinski definition) is 14. The Hall–Kier alpha value is -9.04. The van der Waals surface area contributed by atoms with Gasteiger partial charge in [0.15, 0.2) is 23.0 Å². The number of rotatable bonds is 45. The molecule has 0 aliphatic heterocycles. The van der Waals surface area contributed by atoms with Crippen LogP contribution < -0.4 is 47.4 Å². The summed E-state index contributed by atoms with van der Waals surface area (Å²) in [5.74, 6) is 8.29. The van der Waals surface area contributed by atoms with Crippen molar-refractivity contribution in [2.24, 2.45) is 20.5 Å². The van der Waals surface area contributed by atoms with Gasteiger partial charge in [0.05, 0.1) is 88.8 Å². The van der Waals surface area contributed by atoms with Crippen LogP contribution in [0.2, 0.25) is 0 Å². The monoisotopic (exact) mass is 1220 g/mol. The SMILES string of the molecule is CCOc1ccc(N=Nc2ccc(OCCCCCCOc3ccccc3OCCCCCCOc3ccc(-c4ccc(OCCCCCCOc5ccccc5OCCCCCCOc5ccc(N=Nc6ccc(OCC)cc6)cc5)cc4)cc3)cc2)cc1. The number of para-hydroxylation sites is 4. The molecular formula is C76H90N4O10. The van der Waals surface area contributed by atoms with E-state index in [-0.39, 0.29) is 0 Å².